The molecule has 0 spiro atoms. The van der Waals surface area contributed by atoms with Crippen LogP contribution in [0.3, 0.4) is 0 Å². The summed E-state index contributed by atoms with van der Waals surface area (Å²) in [5.74, 6) is 1.58. The molecule has 6 rings (SSSR count). The molecule has 0 fully saturated rings. The van der Waals surface area contributed by atoms with Crippen molar-refractivity contribution in [2.45, 2.75) is 32.4 Å². The molecule has 0 saturated heterocycles. The van der Waals surface area contributed by atoms with Crippen molar-refractivity contribution in [2.24, 2.45) is 0 Å². The molecule has 3 aromatic heterocycles. The third-order valence-corrected chi connectivity index (χ3v) is 6.52. The van der Waals surface area contributed by atoms with Crippen molar-refractivity contribution >= 4 is 16.8 Å². The number of rotatable bonds is 8. The molecular weight excluding hydrogens is 452 g/mol. The van der Waals surface area contributed by atoms with Crippen LogP contribution in [0.5, 0.6) is 11.5 Å². The van der Waals surface area contributed by atoms with Crippen LogP contribution in [0.25, 0.3) is 22.3 Å². The Morgan fingerprint density at radius 2 is 2.00 bits per heavy atom. The normalized spacial score (nSPS) is 13.0. The van der Waals surface area contributed by atoms with E-state index >= 15 is 0 Å². The lowest BCUT2D eigenvalue weighted by Crippen LogP contribution is -2.23. The van der Waals surface area contributed by atoms with Crippen LogP contribution in [0.4, 0.5) is 0 Å². The summed E-state index contributed by atoms with van der Waals surface area (Å²) in [5.41, 5.74) is 5.96. The van der Waals surface area contributed by atoms with Crippen molar-refractivity contribution in [1.29, 1.82) is 0 Å². The highest BCUT2D eigenvalue weighted by atomic mass is 16.5. The number of hydrogen-bond donors (Lipinski definition) is 2. The zero-order valence-corrected chi connectivity index (χ0v) is 19.8. The summed E-state index contributed by atoms with van der Waals surface area (Å²) in [6, 6.07) is 18.1. The van der Waals surface area contributed by atoms with Crippen LogP contribution in [0, 0.1) is 0 Å². The fourth-order valence-electron chi connectivity index (χ4n) is 4.65. The number of pyridine rings is 1. The Morgan fingerprint density at radius 3 is 2.92 bits per heavy atom. The predicted molar refractivity (Wildman–Crippen MR) is 137 cm³/mol. The molecule has 0 unspecified atom stereocenters. The Bertz CT molecular complexity index is 1520. The molecule has 0 amide bonds. The van der Waals surface area contributed by atoms with Gasteiger partial charge in [-0.1, -0.05) is 41.6 Å². The van der Waals surface area contributed by atoms with Crippen LogP contribution < -0.4 is 10.1 Å². The first-order valence-electron chi connectivity index (χ1n) is 12.2. The Balaban J connectivity index is 1.21. The van der Waals surface area contributed by atoms with Crippen LogP contribution in [0.15, 0.2) is 73.2 Å². The summed E-state index contributed by atoms with van der Waals surface area (Å²) in [6.45, 7) is 2.04. The van der Waals surface area contributed by atoms with E-state index in [1.807, 2.05) is 48.7 Å². The lowest BCUT2D eigenvalue weighted by atomic mass is 10.0. The number of H-pyrrole nitrogens is 1. The van der Waals surface area contributed by atoms with Gasteiger partial charge in [-0.3, -0.25) is 4.79 Å². The van der Waals surface area contributed by atoms with E-state index < -0.39 is 0 Å². The van der Waals surface area contributed by atoms with Gasteiger partial charge in [0.25, 0.3) is 0 Å². The molecule has 180 valence electrons. The number of aromatic amines is 1. The second-order valence-electron chi connectivity index (χ2n) is 9.02. The van der Waals surface area contributed by atoms with E-state index in [1.165, 1.54) is 11.1 Å². The van der Waals surface area contributed by atoms with Crippen molar-refractivity contribution in [2.75, 3.05) is 6.54 Å². The molecule has 2 N–H and O–H groups in total. The van der Waals surface area contributed by atoms with Gasteiger partial charge in [0.15, 0.2) is 5.78 Å². The topological polar surface area (TPSA) is 97.7 Å². The minimum atomic E-state index is 0.113. The molecule has 0 bridgehead atoms. The summed E-state index contributed by atoms with van der Waals surface area (Å²) in [5, 5.41) is 12.8. The molecule has 8 heteroatoms. The summed E-state index contributed by atoms with van der Waals surface area (Å²) < 4.78 is 7.92. The SMILES string of the molecule is O=C(CCc1ccccc1)Cn1cc(-c2c[nH]c3nccc(Oc4ccc5c(c4)CNCC5)c23)nn1. The molecule has 0 radical (unpaired) electrons. The van der Waals surface area contributed by atoms with E-state index in [1.54, 1.807) is 17.1 Å². The zero-order chi connectivity index (χ0) is 24.3. The van der Waals surface area contributed by atoms with E-state index in [-0.39, 0.29) is 12.3 Å². The number of carbonyl (C=O) groups excluding carboxylic acids is 1. The average Bonchev–Trinajstić information content (AvgIpc) is 3.55. The Kier molecular flexibility index (Phi) is 6.01. The van der Waals surface area contributed by atoms with Crippen LogP contribution in [0.1, 0.15) is 23.1 Å². The Labute approximate surface area is 208 Å². The fraction of sp³-hybridized carbons (Fsp3) is 0.214. The van der Waals surface area contributed by atoms with Gasteiger partial charge < -0.3 is 15.0 Å². The van der Waals surface area contributed by atoms with E-state index in [9.17, 15) is 4.79 Å². The number of nitrogens with zero attached hydrogens (tertiary/aromatic N) is 4. The summed E-state index contributed by atoms with van der Waals surface area (Å²) in [6.07, 6.45) is 7.58. The van der Waals surface area contributed by atoms with E-state index in [0.717, 1.165) is 48.2 Å². The summed E-state index contributed by atoms with van der Waals surface area (Å²) in [4.78, 5) is 20.2. The first-order chi connectivity index (χ1) is 17.7. The fourth-order valence-corrected chi connectivity index (χ4v) is 4.65. The van der Waals surface area contributed by atoms with Gasteiger partial charge >= 0.3 is 0 Å². The first kappa shape index (κ1) is 22.2. The largest absolute Gasteiger partial charge is 0.457 e. The number of benzene rings is 2. The average molecular weight is 479 g/mol. The number of ketones is 1. The van der Waals surface area contributed by atoms with Crippen molar-refractivity contribution < 1.29 is 9.53 Å². The maximum absolute atomic E-state index is 12.5. The highest BCUT2D eigenvalue weighted by molar-refractivity contribution is 5.97. The molecule has 1 aliphatic heterocycles. The van der Waals surface area contributed by atoms with Crippen molar-refractivity contribution in [3.05, 3.63) is 89.9 Å². The number of aromatic nitrogens is 5. The standard InChI is InChI=1S/C28H26N6O2/c35-22(8-6-19-4-2-1-3-5-19)17-34-18-25(32-33-34)24-16-31-28-27(24)26(11-13-30-28)36-23-9-7-20-10-12-29-15-21(20)14-23/h1-5,7,9,11,13-14,16,18,29H,6,8,10,12,15,17H2,(H,30,31). The highest BCUT2D eigenvalue weighted by Gasteiger charge is 2.17. The smallest absolute Gasteiger partial charge is 0.154 e. The number of nitrogens with one attached hydrogen (secondary N) is 2. The van der Waals surface area contributed by atoms with Gasteiger partial charge in [-0.25, -0.2) is 9.67 Å². The quantitative estimate of drug-likeness (QED) is 0.342. The van der Waals surface area contributed by atoms with Gasteiger partial charge in [-0.05, 0) is 54.3 Å². The number of fused-ring (bicyclic) bond motifs is 2. The number of aryl methyl sites for hydroxylation is 1. The maximum Gasteiger partial charge on any atom is 0.154 e. The second-order valence-corrected chi connectivity index (χ2v) is 9.02. The molecule has 36 heavy (non-hydrogen) atoms. The first-order valence-corrected chi connectivity index (χ1v) is 12.2. The molecular formula is C28H26N6O2. The number of ether oxygens (including phenoxy) is 1. The van der Waals surface area contributed by atoms with Gasteiger partial charge in [0.1, 0.15) is 29.4 Å². The third kappa shape index (κ3) is 4.63. The molecule has 0 atom stereocenters. The molecule has 2 aromatic carbocycles. The van der Waals surface area contributed by atoms with Gasteiger partial charge in [-0.15, -0.1) is 5.10 Å². The zero-order valence-electron chi connectivity index (χ0n) is 19.8. The molecule has 5 aromatic rings. The maximum atomic E-state index is 12.5. The van der Waals surface area contributed by atoms with Crippen LogP contribution in [-0.2, 0) is 30.7 Å². The minimum absolute atomic E-state index is 0.113. The highest BCUT2D eigenvalue weighted by Crippen LogP contribution is 2.36. The molecule has 4 heterocycles. The number of carbonyl (C=O) groups is 1. The van der Waals surface area contributed by atoms with E-state index in [2.05, 4.69) is 37.7 Å². The van der Waals surface area contributed by atoms with Crippen molar-refractivity contribution in [1.82, 2.24) is 30.3 Å². The second kappa shape index (κ2) is 9.75. The lowest BCUT2D eigenvalue weighted by Gasteiger charge is -2.18. The molecule has 0 aliphatic carbocycles. The molecule has 1 aliphatic rings. The van der Waals surface area contributed by atoms with Crippen molar-refractivity contribution in [3.8, 4) is 22.8 Å². The van der Waals surface area contributed by atoms with Crippen LogP contribution in [0.2, 0.25) is 0 Å². The Morgan fingerprint density at radius 1 is 1.08 bits per heavy atom. The van der Waals surface area contributed by atoms with Gasteiger partial charge in [0.2, 0.25) is 0 Å². The third-order valence-electron chi connectivity index (χ3n) is 6.52. The monoisotopic (exact) mass is 478 g/mol. The van der Waals surface area contributed by atoms with Crippen molar-refractivity contribution in [3.63, 3.8) is 0 Å². The molecule has 0 saturated carbocycles. The number of Topliss-reactive ketones (excluding diaryl/α,β-unsaturated/α-hetero) is 1. The van der Waals surface area contributed by atoms with Gasteiger partial charge in [0, 0.05) is 30.9 Å². The minimum Gasteiger partial charge on any atom is -0.457 e. The summed E-state index contributed by atoms with van der Waals surface area (Å²) >= 11 is 0. The lowest BCUT2D eigenvalue weighted by molar-refractivity contribution is -0.119. The predicted octanol–water partition coefficient (Wildman–Crippen LogP) is 4.46. The number of hydrogen-bond acceptors (Lipinski definition) is 6. The summed E-state index contributed by atoms with van der Waals surface area (Å²) in [7, 11) is 0. The van der Waals surface area contributed by atoms with E-state index in [4.69, 9.17) is 4.74 Å². The van der Waals surface area contributed by atoms with Gasteiger partial charge in [-0.2, -0.15) is 0 Å². The van der Waals surface area contributed by atoms with Crippen LogP contribution in [-0.4, -0.2) is 37.3 Å². The van der Waals surface area contributed by atoms with Crippen LogP contribution >= 0.6 is 0 Å². The Hall–Kier alpha value is -4.30. The molecule has 8 nitrogen and oxygen atoms in total. The van der Waals surface area contributed by atoms with E-state index in [0.29, 0.717) is 23.5 Å². The van der Waals surface area contributed by atoms with Gasteiger partial charge in [0.05, 0.1) is 11.6 Å².